The molecule has 0 aromatic heterocycles. The van der Waals surface area contributed by atoms with Gasteiger partial charge in [-0.2, -0.15) is 0 Å². The monoisotopic (exact) mass is 480 g/mol. The lowest BCUT2D eigenvalue weighted by Gasteiger charge is -2.37. The molecule has 1 N–H and O–H groups in total. The van der Waals surface area contributed by atoms with Crippen molar-refractivity contribution in [1.29, 1.82) is 0 Å². The average Bonchev–Trinajstić information content (AvgIpc) is 2.80. The summed E-state index contributed by atoms with van der Waals surface area (Å²) in [6.45, 7) is 4.92. The van der Waals surface area contributed by atoms with Crippen LogP contribution in [0.5, 0.6) is 17.2 Å². The molecule has 1 aliphatic rings. The quantitative estimate of drug-likeness (QED) is 0.457. The van der Waals surface area contributed by atoms with E-state index in [1.807, 2.05) is 44.2 Å². The third kappa shape index (κ3) is 5.23. The van der Waals surface area contributed by atoms with Crippen LogP contribution in [0.4, 0.5) is 10.5 Å². The number of nitrogens with one attached hydrogen (secondary N) is 1. The molecular formula is C27H29ClN2O4. The summed E-state index contributed by atoms with van der Waals surface area (Å²) in [5.74, 6) is 2.07. The van der Waals surface area contributed by atoms with Crippen molar-refractivity contribution in [2.75, 3.05) is 32.7 Å². The van der Waals surface area contributed by atoms with Crippen LogP contribution in [0.2, 0.25) is 5.02 Å². The number of benzene rings is 3. The fourth-order valence-electron chi connectivity index (χ4n) is 4.40. The molecule has 0 saturated carbocycles. The molecule has 0 fully saturated rings. The molecule has 178 valence electrons. The zero-order valence-electron chi connectivity index (χ0n) is 19.9. The fraction of sp³-hybridized carbons (Fsp3) is 0.296. The maximum atomic E-state index is 13.4. The predicted octanol–water partition coefficient (Wildman–Crippen LogP) is 6.18. The fourth-order valence-corrected chi connectivity index (χ4v) is 4.59. The highest BCUT2D eigenvalue weighted by molar-refractivity contribution is 6.30. The minimum Gasteiger partial charge on any atom is -0.493 e. The number of hydrogen-bond acceptors (Lipinski definition) is 4. The molecule has 3 aromatic carbocycles. The second kappa shape index (κ2) is 10.3. The Kier molecular flexibility index (Phi) is 7.17. The molecule has 1 heterocycles. The lowest BCUT2D eigenvalue weighted by Crippen LogP contribution is -2.44. The van der Waals surface area contributed by atoms with Crippen molar-refractivity contribution in [3.8, 4) is 17.2 Å². The van der Waals surface area contributed by atoms with E-state index >= 15 is 0 Å². The third-order valence-corrected chi connectivity index (χ3v) is 6.18. The number of nitrogens with zero attached hydrogens (tertiary/aromatic N) is 1. The van der Waals surface area contributed by atoms with Crippen molar-refractivity contribution in [1.82, 2.24) is 4.90 Å². The van der Waals surface area contributed by atoms with Gasteiger partial charge in [-0.25, -0.2) is 4.79 Å². The molecule has 7 heteroatoms. The van der Waals surface area contributed by atoms with Crippen molar-refractivity contribution in [3.63, 3.8) is 0 Å². The van der Waals surface area contributed by atoms with Gasteiger partial charge in [-0.1, -0.05) is 23.7 Å². The number of fused-ring (bicyclic) bond motifs is 1. The molecule has 0 bridgehead atoms. The summed E-state index contributed by atoms with van der Waals surface area (Å²) in [5.41, 5.74) is 4.99. The number of carbonyl (C=O) groups is 1. The van der Waals surface area contributed by atoms with Crippen LogP contribution in [-0.2, 0) is 6.42 Å². The second-order valence-electron chi connectivity index (χ2n) is 8.44. The van der Waals surface area contributed by atoms with Crippen LogP contribution in [0, 0.1) is 13.8 Å². The molecule has 0 unspecified atom stereocenters. The zero-order valence-corrected chi connectivity index (χ0v) is 20.6. The SMILES string of the molecule is COc1cc2c(cc1OC)[C@H](COc1cc(C)cc(C)c1)N(C(=O)Nc1cccc(Cl)c1)CC2. The van der Waals surface area contributed by atoms with Crippen molar-refractivity contribution in [2.24, 2.45) is 0 Å². The number of anilines is 1. The van der Waals surface area contributed by atoms with Gasteiger partial charge in [0.15, 0.2) is 11.5 Å². The van der Waals surface area contributed by atoms with Gasteiger partial charge in [-0.3, -0.25) is 0 Å². The number of carbonyl (C=O) groups excluding carboxylic acids is 1. The Labute approximate surface area is 205 Å². The maximum absolute atomic E-state index is 13.4. The second-order valence-corrected chi connectivity index (χ2v) is 8.88. The Morgan fingerprint density at radius 1 is 1.03 bits per heavy atom. The molecule has 0 aliphatic carbocycles. The highest BCUT2D eigenvalue weighted by atomic mass is 35.5. The van der Waals surface area contributed by atoms with Crippen LogP contribution in [-0.4, -0.2) is 38.3 Å². The van der Waals surface area contributed by atoms with Crippen molar-refractivity contribution < 1.29 is 19.0 Å². The van der Waals surface area contributed by atoms with Crippen LogP contribution in [0.3, 0.4) is 0 Å². The van der Waals surface area contributed by atoms with Crippen LogP contribution in [0.1, 0.15) is 28.3 Å². The summed E-state index contributed by atoms with van der Waals surface area (Å²) in [6, 6.07) is 16.6. The highest BCUT2D eigenvalue weighted by Gasteiger charge is 2.33. The zero-order chi connectivity index (χ0) is 24.2. The average molecular weight is 481 g/mol. The summed E-state index contributed by atoms with van der Waals surface area (Å²) < 4.78 is 17.3. The van der Waals surface area contributed by atoms with Gasteiger partial charge in [-0.05, 0) is 85.0 Å². The first kappa shape index (κ1) is 23.8. The Balaban J connectivity index is 1.66. The number of amides is 2. The largest absolute Gasteiger partial charge is 0.493 e. The number of urea groups is 1. The predicted molar refractivity (Wildman–Crippen MR) is 135 cm³/mol. The minimum atomic E-state index is -0.316. The van der Waals surface area contributed by atoms with E-state index in [4.69, 9.17) is 25.8 Å². The highest BCUT2D eigenvalue weighted by Crippen LogP contribution is 2.38. The number of halogens is 1. The van der Waals surface area contributed by atoms with Crippen LogP contribution in [0.15, 0.2) is 54.6 Å². The van der Waals surface area contributed by atoms with Gasteiger partial charge in [0.2, 0.25) is 0 Å². The summed E-state index contributed by atoms with van der Waals surface area (Å²) in [6.07, 6.45) is 0.693. The number of ether oxygens (including phenoxy) is 3. The first-order chi connectivity index (χ1) is 16.4. The molecule has 0 spiro atoms. The lowest BCUT2D eigenvalue weighted by molar-refractivity contribution is 0.144. The van der Waals surface area contributed by atoms with E-state index in [0.29, 0.717) is 41.8 Å². The number of aryl methyl sites for hydroxylation is 2. The molecule has 2 amide bonds. The Morgan fingerprint density at radius 2 is 1.74 bits per heavy atom. The van der Waals surface area contributed by atoms with Gasteiger partial charge < -0.3 is 24.4 Å². The summed E-state index contributed by atoms with van der Waals surface area (Å²) in [5, 5.41) is 3.54. The number of methoxy groups -OCH3 is 2. The number of rotatable bonds is 6. The van der Waals surface area contributed by atoms with E-state index in [9.17, 15) is 4.79 Å². The van der Waals surface area contributed by atoms with Gasteiger partial charge in [0, 0.05) is 17.3 Å². The van der Waals surface area contributed by atoms with Crippen molar-refractivity contribution in [2.45, 2.75) is 26.3 Å². The first-order valence-corrected chi connectivity index (χ1v) is 11.5. The summed E-state index contributed by atoms with van der Waals surface area (Å²) >= 11 is 6.10. The van der Waals surface area contributed by atoms with E-state index in [-0.39, 0.29) is 12.1 Å². The Morgan fingerprint density at radius 3 is 2.41 bits per heavy atom. The van der Waals surface area contributed by atoms with E-state index in [0.717, 1.165) is 28.0 Å². The molecule has 0 radical (unpaired) electrons. The molecule has 1 aliphatic heterocycles. The molecular weight excluding hydrogens is 452 g/mol. The molecule has 3 aromatic rings. The summed E-state index contributed by atoms with van der Waals surface area (Å²) in [7, 11) is 3.23. The van der Waals surface area contributed by atoms with Gasteiger partial charge >= 0.3 is 6.03 Å². The minimum absolute atomic E-state index is 0.211. The summed E-state index contributed by atoms with van der Waals surface area (Å²) in [4.78, 5) is 15.2. The van der Waals surface area contributed by atoms with Gasteiger partial charge in [-0.15, -0.1) is 0 Å². The van der Waals surface area contributed by atoms with E-state index < -0.39 is 0 Å². The third-order valence-electron chi connectivity index (χ3n) is 5.94. The van der Waals surface area contributed by atoms with Gasteiger partial charge in [0.25, 0.3) is 0 Å². The normalized spacial score (nSPS) is 14.9. The first-order valence-electron chi connectivity index (χ1n) is 11.2. The van der Waals surface area contributed by atoms with Crippen molar-refractivity contribution in [3.05, 3.63) is 81.9 Å². The smallest absolute Gasteiger partial charge is 0.322 e. The molecule has 34 heavy (non-hydrogen) atoms. The molecule has 6 nitrogen and oxygen atoms in total. The molecule has 1 atom stereocenters. The standard InChI is InChI=1S/C27H29ClN2O4/c1-17-10-18(2)12-22(11-17)34-16-24-23-15-26(33-4)25(32-3)13-19(23)8-9-30(24)27(31)29-21-7-5-6-20(28)14-21/h5-7,10-15,24H,8-9,16H2,1-4H3,(H,29,31)/t24-/m0/s1. The maximum Gasteiger partial charge on any atom is 0.322 e. The van der Waals surface area contributed by atoms with Crippen LogP contribution >= 0.6 is 11.6 Å². The topological polar surface area (TPSA) is 60.0 Å². The molecule has 4 rings (SSSR count). The van der Waals surface area contributed by atoms with Crippen LogP contribution < -0.4 is 19.5 Å². The van der Waals surface area contributed by atoms with Crippen LogP contribution in [0.25, 0.3) is 0 Å². The van der Waals surface area contributed by atoms with E-state index in [1.165, 1.54) is 0 Å². The van der Waals surface area contributed by atoms with E-state index in [2.05, 4.69) is 11.4 Å². The Hall–Kier alpha value is -3.38. The molecule has 0 saturated heterocycles. The van der Waals surface area contributed by atoms with Crippen molar-refractivity contribution >= 4 is 23.3 Å². The van der Waals surface area contributed by atoms with Gasteiger partial charge in [0.05, 0.1) is 20.3 Å². The van der Waals surface area contributed by atoms with Gasteiger partial charge in [0.1, 0.15) is 12.4 Å². The Bertz CT molecular complexity index is 1180. The number of hydrogen-bond donors (Lipinski definition) is 1. The lowest BCUT2D eigenvalue weighted by atomic mass is 9.92. The van der Waals surface area contributed by atoms with E-state index in [1.54, 1.807) is 37.3 Å².